The van der Waals surface area contributed by atoms with E-state index in [2.05, 4.69) is 4.72 Å². The van der Waals surface area contributed by atoms with E-state index < -0.39 is 20.6 Å². The van der Waals surface area contributed by atoms with E-state index in [0.717, 1.165) is 0 Å². The van der Waals surface area contributed by atoms with Crippen molar-refractivity contribution in [3.8, 4) is 0 Å². The molecule has 1 aromatic carbocycles. The van der Waals surface area contributed by atoms with Crippen LogP contribution in [0, 0.1) is 0 Å². The van der Waals surface area contributed by atoms with Gasteiger partial charge in [-0.15, -0.1) is 0 Å². The summed E-state index contributed by atoms with van der Waals surface area (Å²) >= 11 is 0. The molecule has 1 saturated heterocycles. The molecule has 2 aliphatic rings. The Bertz CT molecular complexity index is 608. The van der Waals surface area contributed by atoms with E-state index in [-0.39, 0.29) is 6.10 Å². The molecule has 0 radical (unpaired) electrons. The summed E-state index contributed by atoms with van der Waals surface area (Å²) in [4.78, 5) is 0. The molecule has 0 amide bonds. The maximum atomic E-state index is 12.6. The molecule has 0 unspecified atom stereocenters. The van der Waals surface area contributed by atoms with Gasteiger partial charge in [0.1, 0.15) is 0 Å². The van der Waals surface area contributed by atoms with Gasteiger partial charge in [-0.25, -0.2) is 8.42 Å². The summed E-state index contributed by atoms with van der Waals surface area (Å²) in [6.45, 7) is 4.15. The number of sulfonamides is 1. The number of benzene rings is 1. The molecule has 5 nitrogen and oxygen atoms in total. The third-order valence-corrected chi connectivity index (χ3v) is 6.29. The van der Waals surface area contributed by atoms with Crippen molar-refractivity contribution in [3.05, 3.63) is 30.3 Å². The van der Waals surface area contributed by atoms with Crippen LogP contribution in [0.1, 0.15) is 33.1 Å². The molecule has 1 aliphatic carbocycles. The normalized spacial score (nSPS) is 26.5. The van der Waals surface area contributed by atoms with Crippen LogP contribution in [0.5, 0.6) is 0 Å². The SMILES string of the molecule is CC1(C)OC[C@H](CC2(S(=O)(=O)Nc3ccccc3)CC2)O1. The summed E-state index contributed by atoms with van der Waals surface area (Å²) in [6.07, 6.45) is 1.68. The molecule has 1 aliphatic heterocycles. The zero-order valence-electron chi connectivity index (χ0n) is 12.3. The molecule has 6 heteroatoms. The van der Waals surface area contributed by atoms with Gasteiger partial charge in [0, 0.05) is 5.69 Å². The summed E-state index contributed by atoms with van der Waals surface area (Å²) in [5.74, 6) is -0.614. The molecule has 0 aromatic heterocycles. The number of nitrogens with one attached hydrogen (secondary N) is 1. The van der Waals surface area contributed by atoms with Gasteiger partial charge in [-0.2, -0.15) is 0 Å². The third-order valence-electron chi connectivity index (χ3n) is 4.07. The topological polar surface area (TPSA) is 64.6 Å². The minimum Gasteiger partial charge on any atom is -0.348 e. The molecule has 1 aromatic rings. The highest BCUT2D eigenvalue weighted by molar-refractivity contribution is 7.94. The number of rotatable bonds is 5. The van der Waals surface area contributed by atoms with Crippen LogP contribution < -0.4 is 4.72 Å². The van der Waals surface area contributed by atoms with E-state index >= 15 is 0 Å². The highest BCUT2D eigenvalue weighted by Crippen LogP contribution is 2.49. The second-order valence-corrected chi connectivity index (χ2v) is 8.39. The summed E-state index contributed by atoms with van der Waals surface area (Å²) in [5, 5.41) is 0. The maximum Gasteiger partial charge on any atom is 0.238 e. The molecule has 116 valence electrons. The van der Waals surface area contributed by atoms with Gasteiger partial charge in [-0.1, -0.05) is 18.2 Å². The van der Waals surface area contributed by atoms with E-state index in [0.29, 0.717) is 31.6 Å². The van der Waals surface area contributed by atoms with E-state index in [1.54, 1.807) is 12.1 Å². The van der Waals surface area contributed by atoms with Crippen LogP contribution >= 0.6 is 0 Å². The van der Waals surface area contributed by atoms with Crippen LogP contribution in [0.15, 0.2) is 30.3 Å². The highest BCUT2D eigenvalue weighted by Gasteiger charge is 2.56. The molecule has 2 fully saturated rings. The van der Waals surface area contributed by atoms with Crippen LogP contribution in [0.25, 0.3) is 0 Å². The standard InChI is InChI=1S/C15H21NO4S/c1-14(2)19-11-13(20-14)10-15(8-9-15)21(17,18)16-12-6-4-3-5-7-12/h3-7,13,16H,8-11H2,1-2H3/t13-/m0/s1. The average molecular weight is 311 g/mol. The van der Waals surface area contributed by atoms with Gasteiger partial charge in [-0.05, 0) is 45.2 Å². The van der Waals surface area contributed by atoms with E-state index in [4.69, 9.17) is 9.47 Å². The lowest BCUT2D eigenvalue weighted by molar-refractivity contribution is -0.139. The smallest absolute Gasteiger partial charge is 0.238 e. The van der Waals surface area contributed by atoms with Gasteiger partial charge >= 0.3 is 0 Å². The first-order valence-corrected chi connectivity index (χ1v) is 8.70. The molecule has 1 N–H and O–H groups in total. The third kappa shape index (κ3) is 3.07. The van der Waals surface area contributed by atoms with Gasteiger partial charge in [0.15, 0.2) is 5.79 Å². The zero-order chi connectivity index (χ0) is 15.1. The second kappa shape index (κ2) is 4.97. The van der Waals surface area contributed by atoms with Crippen LogP contribution in [0.2, 0.25) is 0 Å². The quantitative estimate of drug-likeness (QED) is 0.907. The Balaban J connectivity index is 1.70. The van der Waals surface area contributed by atoms with Crippen molar-refractivity contribution in [3.63, 3.8) is 0 Å². The Hall–Kier alpha value is -1.11. The highest BCUT2D eigenvalue weighted by atomic mass is 32.2. The zero-order valence-corrected chi connectivity index (χ0v) is 13.2. The van der Waals surface area contributed by atoms with Gasteiger partial charge < -0.3 is 9.47 Å². The average Bonchev–Trinajstić information content (AvgIpc) is 3.10. The van der Waals surface area contributed by atoms with Gasteiger partial charge in [0.25, 0.3) is 0 Å². The van der Waals surface area contributed by atoms with Crippen LogP contribution in [-0.2, 0) is 19.5 Å². The first kappa shape index (κ1) is 14.8. The first-order chi connectivity index (χ1) is 9.82. The number of anilines is 1. The first-order valence-electron chi connectivity index (χ1n) is 7.21. The maximum absolute atomic E-state index is 12.6. The predicted octanol–water partition coefficient (Wildman–Crippen LogP) is 2.50. The molecular weight excluding hydrogens is 290 g/mol. The largest absolute Gasteiger partial charge is 0.348 e. The Morgan fingerprint density at radius 1 is 1.24 bits per heavy atom. The summed E-state index contributed by atoms with van der Waals surface area (Å²) in [5.41, 5.74) is 0.604. The van der Waals surface area contributed by atoms with Crippen LogP contribution in [0.3, 0.4) is 0 Å². The Kier molecular flexibility index (Phi) is 3.50. The molecule has 21 heavy (non-hydrogen) atoms. The fourth-order valence-electron chi connectivity index (χ4n) is 2.77. The Morgan fingerprint density at radius 2 is 1.90 bits per heavy atom. The van der Waals surface area contributed by atoms with Crippen molar-refractivity contribution >= 4 is 15.7 Å². The van der Waals surface area contributed by atoms with E-state index in [1.807, 2.05) is 32.0 Å². The van der Waals surface area contributed by atoms with Crippen molar-refractivity contribution in [2.75, 3.05) is 11.3 Å². The summed E-state index contributed by atoms with van der Waals surface area (Å²) < 4.78 is 38.5. The fourth-order valence-corrected chi connectivity index (χ4v) is 4.48. The van der Waals surface area contributed by atoms with Crippen molar-refractivity contribution in [1.29, 1.82) is 0 Å². The van der Waals surface area contributed by atoms with Crippen molar-refractivity contribution in [1.82, 2.24) is 0 Å². The van der Waals surface area contributed by atoms with Crippen LogP contribution in [-0.4, -0.2) is 31.7 Å². The molecule has 1 saturated carbocycles. The Morgan fingerprint density at radius 3 is 2.43 bits per heavy atom. The monoisotopic (exact) mass is 311 g/mol. The van der Waals surface area contributed by atoms with Gasteiger partial charge in [0.05, 0.1) is 17.5 Å². The van der Waals surface area contributed by atoms with Crippen LogP contribution in [0.4, 0.5) is 5.69 Å². The molecule has 0 spiro atoms. The minimum atomic E-state index is -3.41. The Labute approximate surface area is 125 Å². The second-order valence-electron chi connectivity index (χ2n) is 6.31. The molecule has 1 heterocycles. The lowest BCUT2D eigenvalue weighted by atomic mass is 10.2. The number of hydrogen-bond acceptors (Lipinski definition) is 4. The van der Waals surface area contributed by atoms with E-state index in [9.17, 15) is 8.42 Å². The lowest BCUT2D eigenvalue weighted by Gasteiger charge is -2.22. The summed E-state index contributed by atoms with van der Waals surface area (Å²) in [7, 11) is -3.41. The van der Waals surface area contributed by atoms with Crippen molar-refractivity contribution in [2.45, 2.75) is 49.7 Å². The molecular formula is C15H21NO4S. The number of para-hydroxylation sites is 1. The lowest BCUT2D eigenvalue weighted by Crippen LogP contribution is -2.34. The van der Waals surface area contributed by atoms with Crippen molar-refractivity contribution in [2.24, 2.45) is 0 Å². The van der Waals surface area contributed by atoms with E-state index in [1.165, 1.54) is 0 Å². The molecule has 1 atom stereocenters. The predicted molar refractivity (Wildman–Crippen MR) is 80.5 cm³/mol. The van der Waals surface area contributed by atoms with Crippen molar-refractivity contribution < 1.29 is 17.9 Å². The molecule has 3 rings (SSSR count). The molecule has 0 bridgehead atoms. The fraction of sp³-hybridized carbons (Fsp3) is 0.600. The number of ether oxygens (including phenoxy) is 2. The minimum absolute atomic E-state index is 0.158. The number of hydrogen-bond donors (Lipinski definition) is 1. The van der Waals surface area contributed by atoms with Gasteiger partial charge in [0.2, 0.25) is 10.0 Å². The summed E-state index contributed by atoms with van der Waals surface area (Å²) in [6, 6.07) is 9.00. The van der Waals surface area contributed by atoms with Gasteiger partial charge in [-0.3, -0.25) is 4.72 Å².